The van der Waals surface area contributed by atoms with Gasteiger partial charge in [-0.2, -0.15) is 4.40 Å². The highest BCUT2D eigenvalue weighted by Crippen LogP contribution is 2.13. The van der Waals surface area contributed by atoms with Crippen LogP contribution in [0.4, 0.5) is 0 Å². The smallest absolute Gasteiger partial charge is 0.142 e. The molecule has 0 saturated carbocycles. The summed E-state index contributed by atoms with van der Waals surface area (Å²) in [5, 5.41) is 0.925. The Labute approximate surface area is 61.2 Å². The van der Waals surface area contributed by atoms with Gasteiger partial charge >= 0.3 is 0 Å². The normalized spacial score (nSPS) is 18.8. The Balaban J connectivity index is 2.69. The Morgan fingerprint density at radius 1 is 1.62 bits per heavy atom. The van der Waals surface area contributed by atoms with Gasteiger partial charge in [-0.3, -0.25) is 0 Å². The predicted molar refractivity (Wildman–Crippen MR) is 38.0 cm³/mol. The van der Waals surface area contributed by atoms with Crippen molar-refractivity contribution in [1.29, 1.82) is 0 Å². The number of halogens is 2. The quantitative estimate of drug-likeness (QED) is 0.442. The van der Waals surface area contributed by atoms with Crippen LogP contribution in [0.2, 0.25) is 0 Å². The molecule has 0 aromatic heterocycles. The number of allylic oxidation sites excluding steroid dienone is 1. The minimum Gasteiger partial charge on any atom is -0.301 e. The van der Waals surface area contributed by atoms with Crippen LogP contribution in [-0.4, -0.2) is 5.17 Å². The van der Waals surface area contributed by atoms with Gasteiger partial charge in [0.25, 0.3) is 0 Å². The molecule has 0 unspecified atom stereocenters. The summed E-state index contributed by atoms with van der Waals surface area (Å²) < 4.78 is 6.39. The van der Waals surface area contributed by atoms with E-state index in [9.17, 15) is 0 Å². The highest BCUT2D eigenvalue weighted by atomic mass is 35.5. The third-order valence-electron chi connectivity index (χ3n) is 0.522. The molecule has 2 nitrogen and oxygen atoms in total. The van der Waals surface area contributed by atoms with Gasteiger partial charge in [0.05, 0.1) is 12.1 Å². The monoisotopic (exact) mass is 168 g/mol. The minimum atomic E-state index is 0.416. The van der Waals surface area contributed by atoms with E-state index in [1.54, 1.807) is 6.08 Å². The fourth-order valence-corrected chi connectivity index (χ4v) is 1.08. The SMILES string of the molecule is ClC1=CC(Cl)=NSN1. The van der Waals surface area contributed by atoms with E-state index in [-0.39, 0.29) is 0 Å². The van der Waals surface area contributed by atoms with E-state index in [0.717, 1.165) is 12.1 Å². The van der Waals surface area contributed by atoms with Crippen molar-refractivity contribution in [2.45, 2.75) is 0 Å². The molecule has 8 heavy (non-hydrogen) atoms. The molecule has 1 aliphatic rings. The predicted octanol–water partition coefficient (Wildman–Crippen LogP) is 1.87. The molecule has 0 aliphatic carbocycles. The van der Waals surface area contributed by atoms with Crippen molar-refractivity contribution in [3.63, 3.8) is 0 Å². The molecular weight excluding hydrogens is 167 g/mol. The zero-order chi connectivity index (χ0) is 5.98. The Kier molecular flexibility index (Phi) is 2.05. The molecule has 0 aromatic carbocycles. The summed E-state index contributed by atoms with van der Waals surface area (Å²) in [6.45, 7) is 0. The van der Waals surface area contributed by atoms with Crippen LogP contribution >= 0.6 is 35.3 Å². The standard InChI is InChI=1S/C3H2Cl2N2S/c4-2-1-3(5)7-8-6-2/h1,6H. The van der Waals surface area contributed by atoms with Crippen LogP contribution in [0.1, 0.15) is 0 Å². The van der Waals surface area contributed by atoms with Crippen molar-refractivity contribution in [2.75, 3.05) is 0 Å². The van der Waals surface area contributed by atoms with E-state index < -0.39 is 0 Å². The molecule has 44 valence electrons. The van der Waals surface area contributed by atoms with Gasteiger partial charge in [0.1, 0.15) is 10.3 Å². The Bertz CT molecular complexity index is 153. The Morgan fingerprint density at radius 2 is 2.38 bits per heavy atom. The first kappa shape index (κ1) is 6.26. The van der Waals surface area contributed by atoms with E-state index in [0.29, 0.717) is 10.3 Å². The molecule has 1 N–H and O–H groups in total. The van der Waals surface area contributed by atoms with Crippen molar-refractivity contribution in [3.05, 3.63) is 11.2 Å². The average Bonchev–Trinajstić information content (AvgIpc) is 1.64. The van der Waals surface area contributed by atoms with Gasteiger partial charge in [0.15, 0.2) is 0 Å². The molecule has 1 heterocycles. The lowest BCUT2D eigenvalue weighted by molar-refractivity contribution is 1.36. The molecule has 0 amide bonds. The van der Waals surface area contributed by atoms with Crippen LogP contribution in [0.3, 0.4) is 0 Å². The molecule has 0 bridgehead atoms. The summed E-state index contributed by atoms with van der Waals surface area (Å²) in [4.78, 5) is 0. The van der Waals surface area contributed by atoms with Gasteiger partial charge < -0.3 is 4.72 Å². The largest absolute Gasteiger partial charge is 0.301 e. The van der Waals surface area contributed by atoms with Crippen LogP contribution in [0, 0.1) is 0 Å². The van der Waals surface area contributed by atoms with E-state index in [2.05, 4.69) is 9.12 Å². The van der Waals surface area contributed by atoms with Crippen LogP contribution in [0.25, 0.3) is 0 Å². The summed E-state index contributed by atoms with van der Waals surface area (Å²) in [6, 6.07) is 0. The summed E-state index contributed by atoms with van der Waals surface area (Å²) in [5.74, 6) is 0. The van der Waals surface area contributed by atoms with Gasteiger partial charge in [-0.1, -0.05) is 23.2 Å². The van der Waals surface area contributed by atoms with Gasteiger partial charge in [-0.15, -0.1) is 0 Å². The lowest BCUT2D eigenvalue weighted by Gasteiger charge is -2.02. The summed E-state index contributed by atoms with van der Waals surface area (Å²) in [7, 11) is 0. The number of hydrogen-bond acceptors (Lipinski definition) is 3. The van der Waals surface area contributed by atoms with Crippen molar-refractivity contribution in [1.82, 2.24) is 4.72 Å². The van der Waals surface area contributed by atoms with Crippen LogP contribution in [0.15, 0.2) is 15.6 Å². The summed E-state index contributed by atoms with van der Waals surface area (Å²) in [5.41, 5.74) is 0. The first-order valence-corrected chi connectivity index (χ1v) is 3.34. The Morgan fingerprint density at radius 3 is 2.75 bits per heavy atom. The number of nitrogens with one attached hydrogen (secondary N) is 1. The molecule has 0 atom stereocenters. The minimum absolute atomic E-state index is 0.416. The first-order valence-electron chi connectivity index (χ1n) is 1.82. The van der Waals surface area contributed by atoms with Crippen LogP contribution < -0.4 is 4.72 Å². The molecule has 1 aliphatic heterocycles. The molecule has 0 radical (unpaired) electrons. The van der Waals surface area contributed by atoms with Crippen LogP contribution in [0.5, 0.6) is 0 Å². The highest BCUT2D eigenvalue weighted by Gasteiger charge is 1.99. The number of nitrogens with zero attached hydrogens (tertiary/aromatic N) is 1. The van der Waals surface area contributed by atoms with Crippen molar-refractivity contribution < 1.29 is 0 Å². The van der Waals surface area contributed by atoms with Gasteiger partial charge in [-0.25, -0.2) is 0 Å². The average molecular weight is 169 g/mol. The topological polar surface area (TPSA) is 24.4 Å². The van der Waals surface area contributed by atoms with E-state index >= 15 is 0 Å². The second-order valence-electron chi connectivity index (χ2n) is 1.10. The molecule has 0 spiro atoms. The van der Waals surface area contributed by atoms with Gasteiger partial charge in [0.2, 0.25) is 0 Å². The third kappa shape index (κ3) is 1.58. The molecule has 0 aromatic rings. The fraction of sp³-hybridized carbons (Fsp3) is 0. The molecule has 5 heteroatoms. The van der Waals surface area contributed by atoms with Crippen LogP contribution in [-0.2, 0) is 0 Å². The number of rotatable bonds is 0. The second kappa shape index (κ2) is 2.62. The molecular formula is C3H2Cl2N2S. The maximum atomic E-state index is 5.48. The first-order chi connectivity index (χ1) is 3.79. The summed E-state index contributed by atoms with van der Waals surface area (Å²) in [6.07, 6.45) is 1.54. The summed E-state index contributed by atoms with van der Waals surface area (Å²) >= 11 is 12.0. The van der Waals surface area contributed by atoms with Crippen molar-refractivity contribution >= 4 is 40.5 Å². The van der Waals surface area contributed by atoms with Gasteiger partial charge in [0, 0.05) is 6.08 Å². The maximum absolute atomic E-state index is 5.48. The number of hydrogen-bond donors (Lipinski definition) is 1. The fourth-order valence-electron chi connectivity index (χ4n) is 0.270. The molecule has 1 rings (SSSR count). The Hall–Kier alpha value is 0.140. The maximum Gasteiger partial charge on any atom is 0.142 e. The molecule has 0 saturated heterocycles. The van der Waals surface area contributed by atoms with E-state index in [1.807, 2.05) is 0 Å². The van der Waals surface area contributed by atoms with E-state index in [1.165, 1.54) is 0 Å². The van der Waals surface area contributed by atoms with Gasteiger partial charge in [-0.05, 0) is 0 Å². The second-order valence-corrected chi connectivity index (χ2v) is 2.46. The highest BCUT2D eigenvalue weighted by molar-refractivity contribution is 7.96. The van der Waals surface area contributed by atoms with Crippen molar-refractivity contribution in [3.8, 4) is 0 Å². The zero-order valence-electron chi connectivity index (χ0n) is 3.69. The zero-order valence-corrected chi connectivity index (χ0v) is 6.02. The molecule has 0 fully saturated rings. The van der Waals surface area contributed by atoms with Crippen molar-refractivity contribution in [2.24, 2.45) is 4.40 Å². The lowest BCUT2D eigenvalue weighted by Crippen LogP contribution is -2.02. The third-order valence-corrected chi connectivity index (χ3v) is 1.73. The van der Waals surface area contributed by atoms with E-state index in [4.69, 9.17) is 23.2 Å². The lowest BCUT2D eigenvalue weighted by atomic mass is 10.7.